The van der Waals surface area contributed by atoms with Crippen LogP contribution in [0, 0.1) is 17.5 Å². The highest BCUT2D eigenvalue weighted by atomic mass is 32.1. The molecule has 0 aliphatic heterocycles. The summed E-state index contributed by atoms with van der Waals surface area (Å²) in [6.45, 7) is 2.87. The van der Waals surface area contributed by atoms with Gasteiger partial charge in [0.2, 0.25) is 0 Å². The number of ether oxygens (including phenoxy) is 1. The minimum absolute atomic E-state index is 0.303. The highest BCUT2D eigenvalue weighted by molar-refractivity contribution is 7.71. The summed E-state index contributed by atoms with van der Waals surface area (Å²) >= 11 is 5.12. The van der Waals surface area contributed by atoms with Crippen molar-refractivity contribution in [1.82, 2.24) is 14.8 Å². The molecule has 2 rings (SSSR count). The molecule has 4 nitrogen and oxygen atoms in total. The van der Waals surface area contributed by atoms with E-state index in [1.54, 1.807) is 17.7 Å². The van der Waals surface area contributed by atoms with Gasteiger partial charge in [0, 0.05) is 7.11 Å². The van der Waals surface area contributed by atoms with Gasteiger partial charge in [0.15, 0.2) is 10.6 Å². The average Bonchev–Trinajstić information content (AvgIpc) is 2.68. The highest BCUT2D eigenvalue weighted by Gasteiger charge is 2.12. The van der Waals surface area contributed by atoms with E-state index in [9.17, 15) is 4.39 Å². The van der Waals surface area contributed by atoms with Crippen LogP contribution in [0.15, 0.2) is 18.2 Å². The lowest BCUT2D eigenvalue weighted by molar-refractivity contribution is 0.187. The Morgan fingerprint density at radius 2 is 2.28 bits per heavy atom. The third-order valence-electron chi connectivity index (χ3n) is 2.64. The van der Waals surface area contributed by atoms with Gasteiger partial charge in [-0.2, -0.15) is 5.10 Å². The standard InChI is InChI=1S/C12H14FN3OS/c1-8-3-4-9(10(13)7-8)11-14-15-12(18)16(11)5-6-17-2/h3-4,7H,5-6H2,1-2H3,(H,15,18). The van der Waals surface area contributed by atoms with E-state index in [4.69, 9.17) is 17.0 Å². The number of hydrogen-bond acceptors (Lipinski definition) is 3. The molecule has 1 aromatic carbocycles. The van der Waals surface area contributed by atoms with Crippen molar-refractivity contribution in [1.29, 1.82) is 0 Å². The molecule has 0 saturated carbocycles. The zero-order chi connectivity index (χ0) is 13.1. The maximum atomic E-state index is 13.9. The molecule has 1 N–H and O–H groups in total. The fraction of sp³-hybridized carbons (Fsp3) is 0.333. The van der Waals surface area contributed by atoms with E-state index in [1.807, 2.05) is 13.0 Å². The Kier molecular flexibility index (Phi) is 3.88. The Bertz CT molecular complexity index is 606. The van der Waals surface area contributed by atoms with E-state index < -0.39 is 0 Å². The number of benzene rings is 1. The predicted molar refractivity (Wildman–Crippen MR) is 69.4 cm³/mol. The Labute approximate surface area is 109 Å². The number of aryl methyl sites for hydroxylation is 1. The number of H-pyrrole nitrogens is 1. The van der Waals surface area contributed by atoms with Crippen LogP contribution >= 0.6 is 12.2 Å². The molecule has 0 aliphatic carbocycles. The van der Waals surface area contributed by atoms with Gasteiger partial charge in [-0.3, -0.25) is 9.67 Å². The third-order valence-corrected chi connectivity index (χ3v) is 2.95. The zero-order valence-electron chi connectivity index (χ0n) is 10.2. The summed E-state index contributed by atoms with van der Waals surface area (Å²) < 4.78 is 21.1. The lowest BCUT2D eigenvalue weighted by Crippen LogP contribution is -2.06. The summed E-state index contributed by atoms with van der Waals surface area (Å²) in [5.74, 6) is 0.192. The normalized spacial score (nSPS) is 10.8. The maximum absolute atomic E-state index is 13.9. The molecular weight excluding hydrogens is 253 g/mol. The number of rotatable bonds is 4. The molecule has 6 heteroatoms. The minimum Gasteiger partial charge on any atom is -0.383 e. The molecule has 0 bridgehead atoms. The van der Waals surface area contributed by atoms with Crippen LogP contribution in [0.1, 0.15) is 5.56 Å². The van der Waals surface area contributed by atoms with E-state index in [0.717, 1.165) is 5.56 Å². The second kappa shape index (κ2) is 5.41. The van der Waals surface area contributed by atoms with Crippen LogP contribution in [0.5, 0.6) is 0 Å². The van der Waals surface area contributed by atoms with Gasteiger partial charge in [-0.25, -0.2) is 4.39 Å². The molecule has 0 spiro atoms. The Morgan fingerprint density at radius 3 is 2.94 bits per heavy atom. The number of methoxy groups -OCH3 is 1. The number of nitrogens with zero attached hydrogens (tertiary/aromatic N) is 2. The molecule has 1 aromatic heterocycles. The van der Waals surface area contributed by atoms with Crippen molar-refractivity contribution in [2.45, 2.75) is 13.5 Å². The molecule has 18 heavy (non-hydrogen) atoms. The van der Waals surface area contributed by atoms with Gasteiger partial charge < -0.3 is 4.74 Å². The summed E-state index contributed by atoms with van der Waals surface area (Å²) in [7, 11) is 1.61. The lowest BCUT2D eigenvalue weighted by Gasteiger charge is -2.07. The van der Waals surface area contributed by atoms with Gasteiger partial charge in [0.1, 0.15) is 5.82 Å². The molecule has 0 amide bonds. The molecule has 0 aliphatic rings. The quantitative estimate of drug-likeness (QED) is 0.866. The van der Waals surface area contributed by atoms with Crippen molar-refractivity contribution < 1.29 is 9.13 Å². The predicted octanol–water partition coefficient (Wildman–Crippen LogP) is 2.70. The van der Waals surface area contributed by atoms with Gasteiger partial charge in [0.05, 0.1) is 18.7 Å². The highest BCUT2D eigenvalue weighted by Crippen LogP contribution is 2.21. The van der Waals surface area contributed by atoms with Crippen molar-refractivity contribution >= 4 is 12.2 Å². The minimum atomic E-state index is -0.303. The van der Waals surface area contributed by atoms with Crippen LogP contribution in [0.2, 0.25) is 0 Å². The summed E-state index contributed by atoms with van der Waals surface area (Å²) in [5, 5.41) is 6.76. The molecule has 0 saturated heterocycles. The van der Waals surface area contributed by atoms with Gasteiger partial charge in [-0.05, 0) is 36.8 Å². The lowest BCUT2D eigenvalue weighted by atomic mass is 10.1. The summed E-state index contributed by atoms with van der Waals surface area (Å²) in [6, 6.07) is 5.03. The maximum Gasteiger partial charge on any atom is 0.195 e. The molecule has 2 aromatic rings. The summed E-state index contributed by atoms with van der Waals surface area (Å²) in [4.78, 5) is 0. The fourth-order valence-electron chi connectivity index (χ4n) is 1.71. The van der Waals surface area contributed by atoms with Gasteiger partial charge in [-0.15, -0.1) is 0 Å². The molecule has 96 valence electrons. The second-order valence-corrected chi connectivity index (χ2v) is 4.37. The van der Waals surface area contributed by atoms with Crippen molar-refractivity contribution in [2.75, 3.05) is 13.7 Å². The summed E-state index contributed by atoms with van der Waals surface area (Å²) in [5.41, 5.74) is 1.30. The average molecular weight is 267 g/mol. The van der Waals surface area contributed by atoms with Crippen molar-refractivity contribution in [3.05, 3.63) is 34.4 Å². The van der Waals surface area contributed by atoms with E-state index in [2.05, 4.69) is 10.2 Å². The van der Waals surface area contributed by atoms with Crippen LogP contribution in [-0.4, -0.2) is 28.5 Å². The first-order valence-corrected chi connectivity index (χ1v) is 5.95. The Balaban J connectivity index is 2.47. The molecule has 0 radical (unpaired) electrons. The number of aromatic nitrogens is 3. The molecule has 1 heterocycles. The van der Waals surface area contributed by atoms with Crippen LogP contribution in [-0.2, 0) is 11.3 Å². The third kappa shape index (κ3) is 2.49. The first-order valence-electron chi connectivity index (χ1n) is 5.54. The van der Waals surface area contributed by atoms with Gasteiger partial charge in [0.25, 0.3) is 0 Å². The van der Waals surface area contributed by atoms with E-state index in [0.29, 0.717) is 29.3 Å². The first kappa shape index (κ1) is 12.9. The monoisotopic (exact) mass is 267 g/mol. The van der Waals surface area contributed by atoms with E-state index >= 15 is 0 Å². The van der Waals surface area contributed by atoms with Crippen molar-refractivity contribution in [2.24, 2.45) is 0 Å². The van der Waals surface area contributed by atoms with Crippen LogP contribution in [0.4, 0.5) is 4.39 Å². The zero-order valence-corrected chi connectivity index (χ0v) is 11.1. The van der Waals surface area contributed by atoms with Gasteiger partial charge >= 0.3 is 0 Å². The first-order chi connectivity index (χ1) is 8.63. The molecule has 0 fully saturated rings. The van der Waals surface area contributed by atoms with Crippen molar-refractivity contribution in [3.8, 4) is 11.4 Å². The van der Waals surface area contributed by atoms with Crippen LogP contribution < -0.4 is 0 Å². The molecule has 0 unspecified atom stereocenters. The van der Waals surface area contributed by atoms with Crippen LogP contribution in [0.25, 0.3) is 11.4 Å². The number of aromatic amines is 1. The van der Waals surface area contributed by atoms with Crippen molar-refractivity contribution in [3.63, 3.8) is 0 Å². The smallest absolute Gasteiger partial charge is 0.195 e. The topological polar surface area (TPSA) is 42.8 Å². The van der Waals surface area contributed by atoms with E-state index in [-0.39, 0.29) is 5.82 Å². The van der Waals surface area contributed by atoms with E-state index in [1.165, 1.54) is 6.07 Å². The molecular formula is C12H14FN3OS. The Morgan fingerprint density at radius 1 is 1.50 bits per heavy atom. The van der Waals surface area contributed by atoms with Crippen LogP contribution in [0.3, 0.4) is 0 Å². The van der Waals surface area contributed by atoms with Gasteiger partial charge in [-0.1, -0.05) is 6.07 Å². The molecule has 0 atom stereocenters. The SMILES string of the molecule is COCCn1c(-c2ccc(C)cc2F)n[nH]c1=S. The number of hydrogen-bond donors (Lipinski definition) is 1. The number of halogens is 1. The number of nitrogens with one attached hydrogen (secondary N) is 1. The second-order valence-electron chi connectivity index (χ2n) is 3.98. The Hall–Kier alpha value is -1.53. The summed E-state index contributed by atoms with van der Waals surface area (Å²) in [6.07, 6.45) is 0. The largest absolute Gasteiger partial charge is 0.383 e. The fourth-order valence-corrected chi connectivity index (χ4v) is 1.94.